The van der Waals surface area contributed by atoms with Gasteiger partial charge < -0.3 is 19.9 Å². The van der Waals surface area contributed by atoms with Gasteiger partial charge >= 0.3 is 0 Å². The van der Waals surface area contributed by atoms with E-state index in [0.29, 0.717) is 25.9 Å². The Morgan fingerprint density at radius 3 is 2.41 bits per heavy atom. The van der Waals surface area contributed by atoms with Crippen LogP contribution < -0.4 is 10.1 Å². The fraction of sp³-hybridized carbons (Fsp3) is 0.679. The number of nitrogens with zero attached hydrogens (tertiary/aromatic N) is 2. The molecule has 2 heterocycles. The Morgan fingerprint density at radius 1 is 1.11 bits per heavy atom. The first-order valence-electron chi connectivity index (χ1n) is 13.4. The maximum atomic E-state index is 14.0. The van der Waals surface area contributed by atoms with E-state index >= 15 is 0 Å². The van der Waals surface area contributed by atoms with Crippen LogP contribution in [0.4, 0.5) is 8.78 Å². The van der Waals surface area contributed by atoms with E-state index in [-0.39, 0.29) is 59.9 Å². The normalized spacial score (nSPS) is 25.0. The van der Waals surface area contributed by atoms with E-state index in [1.807, 2.05) is 44.4 Å². The molecule has 1 saturated carbocycles. The lowest BCUT2D eigenvalue weighted by Gasteiger charge is -2.37. The Kier molecular flexibility index (Phi) is 7.81. The summed E-state index contributed by atoms with van der Waals surface area (Å²) in [6.45, 7) is 10.7. The molecule has 5 atom stereocenters. The molecule has 2 aliphatic heterocycles. The van der Waals surface area contributed by atoms with Crippen LogP contribution in [-0.2, 0) is 14.4 Å². The van der Waals surface area contributed by atoms with Crippen molar-refractivity contribution in [3.63, 3.8) is 0 Å². The van der Waals surface area contributed by atoms with Crippen molar-refractivity contribution in [2.45, 2.75) is 78.4 Å². The zero-order valence-corrected chi connectivity index (χ0v) is 22.4. The van der Waals surface area contributed by atoms with Crippen molar-refractivity contribution < 1.29 is 27.9 Å². The molecule has 0 radical (unpaired) electrons. The van der Waals surface area contributed by atoms with E-state index in [1.165, 1.54) is 6.07 Å². The Bertz CT molecular complexity index is 1040. The predicted molar refractivity (Wildman–Crippen MR) is 135 cm³/mol. The van der Waals surface area contributed by atoms with E-state index in [9.17, 15) is 23.2 Å². The minimum atomic E-state index is -0.991. The molecule has 1 aromatic carbocycles. The molecule has 1 N–H and O–H groups in total. The molecule has 1 aromatic rings. The zero-order valence-electron chi connectivity index (χ0n) is 22.4. The second-order valence-corrected chi connectivity index (χ2v) is 11.9. The third kappa shape index (κ3) is 5.75. The van der Waals surface area contributed by atoms with Gasteiger partial charge in [-0.2, -0.15) is 0 Å². The van der Waals surface area contributed by atoms with Crippen molar-refractivity contribution >= 4 is 17.7 Å². The van der Waals surface area contributed by atoms with Gasteiger partial charge in [0.25, 0.3) is 0 Å². The monoisotopic (exact) mass is 519 g/mol. The lowest BCUT2D eigenvalue weighted by atomic mass is 9.84. The first-order chi connectivity index (χ1) is 17.4. The summed E-state index contributed by atoms with van der Waals surface area (Å²) in [5.41, 5.74) is -0.516. The van der Waals surface area contributed by atoms with Gasteiger partial charge in [-0.3, -0.25) is 14.4 Å². The lowest BCUT2D eigenvalue weighted by molar-refractivity contribution is -0.142. The van der Waals surface area contributed by atoms with Gasteiger partial charge in [0.2, 0.25) is 17.7 Å². The number of ether oxygens (including phenoxy) is 1. The second kappa shape index (κ2) is 10.6. The highest BCUT2D eigenvalue weighted by molar-refractivity contribution is 5.90. The minimum absolute atomic E-state index is 0.0495. The summed E-state index contributed by atoms with van der Waals surface area (Å²) in [6.07, 6.45) is 3.11. The van der Waals surface area contributed by atoms with Crippen molar-refractivity contribution in [1.29, 1.82) is 0 Å². The van der Waals surface area contributed by atoms with Crippen LogP contribution in [0.3, 0.4) is 0 Å². The van der Waals surface area contributed by atoms with Crippen molar-refractivity contribution in [1.82, 2.24) is 15.1 Å². The van der Waals surface area contributed by atoms with Gasteiger partial charge in [0.1, 0.15) is 11.8 Å². The molecular formula is C28H39F2N3O4. The van der Waals surface area contributed by atoms with E-state index in [1.54, 1.807) is 0 Å². The van der Waals surface area contributed by atoms with Gasteiger partial charge in [-0.15, -0.1) is 0 Å². The molecule has 0 unspecified atom stereocenters. The molecule has 0 spiro atoms. The molecule has 3 amide bonds. The number of nitrogens with one attached hydrogen (secondary N) is 1. The molecule has 2 saturated heterocycles. The quantitative estimate of drug-likeness (QED) is 0.567. The molecule has 0 aromatic heterocycles. The predicted octanol–water partition coefficient (Wildman–Crippen LogP) is 3.76. The van der Waals surface area contributed by atoms with Crippen LogP contribution in [0.1, 0.15) is 60.3 Å². The number of fused-ring (bicyclic) bond motifs is 1. The van der Waals surface area contributed by atoms with Gasteiger partial charge in [0, 0.05) is 36.9 Å². The largest absolute Gasteiger partial charge is 0.493 e. The number of halogens is 2. The highest BCUT2D eigenvalue weighted by Crippen LogP contribution is 2.41. The number of likely N-dealkylation sites (tertiary alicyclic amines) is 2. The summed E-state index contributed by atoms with van der Waals surface area (Å²) < 4.78 is 32.9. The number of hydrogen-bond acceptors (Lipinski definition) is 4. The summed E-state index contributed by atoms with van der Waals surface area (Å²) >= 11 is 0. The highest BCUT2D eigenvalue weighted by atomic mass is 19.2. The number of hydrogen-bond donors (Lipinski definition) is 1. The number of benzene rings is 1. The highest BCUT2D eigenvalue weighted by Gasteiger charge is 2.54. The molecule has 3 aliphatic rings. The molecule has 7 nitrogen and oxygen atoms in total. The van der Waals surface area contributed by atoms with E-state index in [2.05, 4.69) is 5.32 Å². The maximum absolute atomic E-state index is 14.0. The fourth-order valence-corrected chi connectivity index (χ4v) is 5.48. The summed E-state index contributed by atoms with van der Waals surface area (Å²) in [6, 6.07) is 2.29. The molecule has 3 fully saturated rings. The third-order valence-corrected chi connectivity index (χ3v) is 8.04. The Labute approximate surface area is 217 Å². The number of rotatable bonds is 8. The van der Waals surface area contributed by atoms with Gasteiger partial charge in [-0.25, -0.2) is 8.78 Å². The topological polar surface area (TPSA) is 79.0 Å². The van der Waals surface area contributed by atoms with Crippen molar-refractivity contribution in [3.05, 3.63) is 29.8 Å². The third-order valence-electron chi connectivity index (χ3n) is 8.04. The number of amides is 3. The smallest absolute Gasteiger partial charge is 0.246 e. The molecule has 0 bridgehead atoms. The summed E-state index contributed by atoms with van der Waals surface area (Å²) in [4.78, 5) is 43.6. The van der Waals surface area contributed by atoms with Gasteiger partial charge in [-0.1, -0.05) is 34.6 Å². The fourth-order valence-electron chi connectivity index (χ4n) is 5.48. The van der Waals surface area contributed by atoms with Crippen LogP contribution in [0.25, 0.3) is 0 Å². The molecule has 37 heavy (non-hydrogen) atoms. The van der Waals surface area contributed by atoms with Crippen molar-refractivity contribution in [2.24, 2.45) is 23.2 Å². The average Bonchev–Trinajstić information content (AvgIpc) is 3.51. The van der Waals surface area contributed by atoms with Crippen molar-refractivity contribution in [3.8, 4) is 5.75 Å². The van der Waals surface area contributed by atoms with Gasteiger partial charge in [-0.05, 0) is 43.2 Å². The number of carbonyl (C=O) groups excluding carboxylic acids is 3. The van der Waals surface area contributed by atoms with Crippen LogP contribution >= 0.6 is 0 Å². The molecular weight excluding hydrogens is 480 g/mol. The summed E-state index contributed by atoms with van der Waals surface area (Å²) in [5.74, 6) is -2.28. The van der Waals surface area contributed by atoms with Gasteiger partial charge in [0.05, 0.1) is 18.7 Å². The van der Waals surface area contributed by atoms with Crippen LogP contribution in [0, 0.1) is 34.8 Å². The zero-order chi connectivity index (χ0) is 27.1. The SMILES string of the molecule is CC[C@@H](C)C(=O)N[C@H](C(=O)N1CC[C@@H]2[C@H]1[C@@H](COc1ccc(F)c(F)c1)CN2C(=O)C1CC1)C(C)(C)C. The van der Waals surface area contributed by atoms with Crippen molar-refractivity contribution in [2.75, 3.05) is 19.7 Å². The van der Waals surface area contributed by atoms with Gasteiger partial charge in [0.15, 0.2) is 11.6 Å². The van der Waals surface area contributed by atoms with Crippen LogP contribution in [0.2, 0.25) is 0 Å². The Morgan fingerprint density at radius 2 is 1.81 bits per heavy atom. The molecule has 1 aliphatic carbocycles. The standard InChI is InChI=1S/C28H39F2N3O4/c1-6-16(2)25(34)31-24(28(3,4)5)27(36)32-12-11-22-23(32)18(14-33(22)26(35)17-7-8-17)15-37-19-9-10-20(29)21(30)13-19/h9-10,13,16-18,22-24H,6-8,11-12,14-15H2,1-5H3,(H,31,34)/t16-,18-,22-,23-,24-/m1/s1. The molecule has 9 heteroatoms. The van der Waals surface area contributed by atoms with E-state index in [0.717, 1.165) is 25.0 Å². The Hall–Kier alpha value is -2.71. The second-order valence-electron chi connectivity index (χ2n) is 11.9. The molecule has 204 valence electrons. The van der Waals surface area contributed by atoms with Crippen LogP contribution in [0.5, 0.6) is 5.75 Å². The lowest BCUT2D eigenvalue weighted by Crippen LogP contribution is -2.58. The van der Waals surface area contributed by atoms with Crippen LogP contribution in [0.15, 0.2) is 18.2 Å². The summed E-state index contributed by atoms with van der Waals surface area (Å²) in [5, 5.41) is 2.99. The first kappa shape index (κ1) is 27.3. The summed E-state index contributed by atoms with van der Waals surface area (Å²) in [7, 11) is 0. The van der Waals surface area contributed by atoms with E-state index < -0.39 is 23.1 Å². The molecule has 4 rings (SSSR count). The minimum Gasteiger partial charge on any atom is -0.493 e. The Balaban J connectivity index is 1.56. The maximum Gasteiger partial charge on any atom is 0.246 e. The first-order valence-corrected chi connectivity index (χ1v) is 13.4. The average molecular weight is 520 g/mol. The van der Waals surface area contributed by atoms with Crippen LogP contribution in [-0.4, -0.2) is 65.3 Å². The van der Waals surface area contributed by atoms with E-state index in [4.69, 9.17) is 4.74 Å². The number of carbonyl (C=O) groups is 3.